The second kappa shape index (κ2) is 4.08. The summed E-state index contributed by atoms with van der Waals surface area (Å²) in [5.74, 6) is 0.171. The van der Waals surface area contributed by atoms with E-state index >= 15 is 0 Å². The average Bonchev–Trinajstić information content (AvgIpc) is 2.16. The first-order chi connectivity index (χ1) is 6.20. The Morgan fingerprint density at radius 3 is 2.62 bits per heavy atom. The Morgan fingerprint density at radius 2 is 2.08 bits per heavy atom. The van der Waals surface area contributed by atoms with E-state index in [4.69, 9.17) is 5.73 Å². The van der Waals surface area contributed by atoms with Crippen LogP contribution in [0.3, 0.4) is 0 Å². The minimum absolute atomic E-state index is 0.171. The Morgan fingerprint density at radius 1 is 1.38 bits per heavy atom. The smallest absolute Gasteiger partial charge is 0.162 e. The quantitative estimate of drug-likeness (QED) is 0.569. The van der Waals surface area contributed by atoms with Gasteiger partial charge in [-0.25, -0.2) is 0 Å². The average molecular weight is 177 g/mol. The van der Waals surface area contributed by atoms with E-state index < -0.39 is 0 Å². The number of nitrogens with two attached hydrogens (primary N) is 1. The van der Waals surface area contributed by atoms with E-state index in [0.29, 0.717) is 6.42 Å². The fourth-order valence-corrected chi connectivity index (χ4v) is 1.45. The van der Waals surface area contributed by atoms with Crippen molar-refractivity contribution in [3.05, 3.63) is 29.3 Å². The van der Waals surface area contributed by atoms with E-state index in [1.807, 2.05) is 32.0 Å². The lowest BCUT2D eigenvalue weighted by Crippen LogP contribution is -2.04. The predicted octanol–water partition coefficient (Wildman–Crippen LogP) is 2.42. The minimum Gasteiger partial charge on any atom is -0.398 e. The zero-order chi connectivity index (χ0) is 9.84. The van der Waals surface area contributed by atoms with Crippen molar-refractivity contribution in [1.82, 2.24) is 0 Å². The summed E-state index contributed by atoms with van der Waals surface area (Å²) >= 11 is 0. The van der Waals surface area contributed by atoms with Gasteiger partial charge >= 0.3 is 0 Å². The maximum absolute atomic E-state index is 11.5. The second-order valence-corrected chi connectivity index (χ2v) is 3.00. The highest BCUT2D eigenvalue weighted by Crippen LogP contribution is 2.18. The summed E-state index contributed by atoms with van der Waals surface area (Å²) in [6.45, 7) is 3.88. The maximum atomic E-state index is 11.5. The molecule has 2 nitrogen and oxygen atoms in total. The van der Waals surface area contributed by atoms with Crippen molar-refractivity contribution in [3.63, 3.8) is 0 Å². The van der Waals surface area contributed by atoms with Gasteiger partial charge in [0.15, 0.2) is 5.78 Å². The van der Waals surface area contributed by atoms with Gasteiger partial charge in [-0.2, -0.15) is 0 Å². The van der Waals surface area contributed by atoms with Crippen molar-refractivity contribution in [3.8, 4) is 0 Å². The predicted molar refractivity (Wildman–Crippen MR) is 54.9 cm³/mol. The van der Waals surface area contributed by atoms with Gasteiger partial charge in [-0.1, -0.05) is 26.0 Å². The van der Waals surface area contributed by atoms with Gasteiger partial charge in [-0.15, -0.1) is 0 Å². The third-order valence-corrected chi connectivity index (χ3v) is 2.19. The van der Waals surface area contributed by atoms with Crippen LogP contribution in [0, 0.1) is 0 Å². The number of ketones is 1. The van der Waals surface area contributed by atoms with Crippen LogP contribution < -0.4 is 5.73 Å². The SMILES string of the molecule is CCC(=O)c1cccc(N)c1CC. The molecule has 1 rings (SSSR count). The van der Waals surface area contributed by atoms with Crippen LogP contribution in [0.15, 0.2) is 18.2 Å². The summed E-state index contributed by atoms with van der Waals surface area (Å²) in [7, 11) is 0. The summed E-state index contributed by atoms with van der Waals surface area (Å²) in [5, 5.41) is 0. The number of hydrogen-bond donors (Lipinski definition) is 1. The van der Waals surface area contributed by atoms with E-state index in [2.05, 4.69) is 0 Å². The highest BCUT2D eigenvalue weighted by molar-refractivity contribution is 5.98. The van der Waals surface area contributed by atoms with Gasteiger partial charge in [0.25, 0.3) is 0 Å². The lowest BCUT2D eigenvalue weighted by Gasteiger charge is -2.08. The molecular weight excluding hydrogens is 162 g/mol. The molecule has 0 aliphatic carbocycles. The third kappa shape index (κ3) is 1.89. The molecule has 0 aromatic heterocycles. The molecule has 13 heavy (non-hydrogen) atoms. The number of rotatable bonds is 3. The molecule has 0 spiro atoms. The van der Waals surface area contributed by atoms with Gasteiger partial charge < -0.3 is 5.73 Å². The van der Waals surface area contributed by atoms with Gasteiger partial charge in [0.2, 0.25) is 0 Å². The molecule has 2 N–H and O–H groups in total. The fourth-order valence-electron chi connectivity index (χ4n) is 1.45. The van der Waals surface area contributed by atoms with Gasteiger partial charge in [-0.05, 0) is 18.1 Å². The summed E-state index contributed by atoms with van der Waals surface area (Å²) < 4.78 is 0. The first kappa shape index (κ1) is 9.78. The van der Waals surface area contributed by atoms with Gasteiger partial charge in [0, 0.05) is 17.7 Å². The van der Waals surface area contributed by atoms with Crippen molar-refractivity contribution in [2.24, 2.45) is 0 Å². The van der Waals surface area contributed by atoms with Crippen molar-refractivity contribution in [2.75, 3.05) is 5.73 Å². The van der Waals surface area contributed by atoms with E-state index in [1.165, 1.54) is 0 Å². The lowest BCUT2D eigenvalue weighted by molar-refractivity contribution is 0.0987. The van der Waals surface area contributed by atoms with Crippen LogP contribution in [0.5, 0.6) is 0 Å². The first-order valence-corrected chi connectivity index (χ1v) is 4.61. The van der Waals surface area contributed by atoms with E-state index in [9.17, 15) is 4.79 Å². The number of hydrogen-bond acceptors (Lipinski definition) is 2. The molecule has 0 fully saturated rings. The molecule has 2 heteroatoms. The Kier molecular flexibility index (Phi) is 3.07. The van der Waals surface area contributed by atoms with E-state index in [-0.39, 0.29) is 5.78 Å². The molecule has 0 radical (unpaired) electrons. The third-order valence-electron chi connectivity index (χ3n) is 2.19. The molecule has 0 amide bonds. The Balaban J connectivity index is 3.20. The number of carbonyl (C=O) groups is 1. The molecule has 0 saturated heterocycles. The van der Waals surface area contributed by atoms with Crippen LogP contribution in [0.4, 0.5) is 5.69 Å². The lowest BCUT2D eigenvalue weighted by atomic mass is 9.99. The maximum Gasteiger partial charge on any atom is 0.162 e. The van der Waals surface area contributed by atoms with Gasteiger partial charge in [-0.3, -0.25) is 4.79 Å². The summed E-state index contributed by atoms with van der Waals surface area (Å²) in [6.07, 6.45) is 1.35. The monoisotopic (exact) mass is 177 g/mol. The molecule has 0 aliphatic heterocycles. The fraction of sp³-hybridized carbons (Fsp3) is 0.364. The van der Waals surface area contributed by atoms with E-state index in [1.54, 1.807) is 0 Å². The number of anilines is 1. The molecule has 0 aliphatic rings. The van der Waals surface area contributed by atoms with Gasteiger partial charge in [0.05, 0.1) is 0 Å². The van der Waals surface area contributed by atoms with Crippen molar-refractivity contribution < 1.29 is 4.79 Å². The number of benzene rings is 1. The van der Waals surface area contributed by atoms with Crippen molar-refractivity contribution in [2.45, 2.75) is 26.7 Å². The Bertz CT molecular complexity index is 318. The van der Waals surface area contributed by atoms with Crippen LogP contribution in [-0.4, -0.2) is 5.78 Å². The zero-order valence-electron chi connectivity index (χ0n) is 8.13. The van der Waals surface area contributed by atoms with Crippen LogP contribution >= 0.6 is 0 Å². The second-order valence-electron chi connectivity index (χ2n) is 3.00. The van der Waals surface area contributed by atoms with Crippen molar-refractivity contribution in [1.29, 1.82) is 0 Å². The molecule has 0 atom stereocenters. The number of carbonyl (C=O) groups excluding carboxylic acids is 1. The highest BCUT2D eigenvalue weighted by atomic mass is 16.1. The Labute approximate surface area is 78.8 Å². The normalized spacial score (nSPS) is 10.0. The largest absolute Gasteiger partial charge is 0.398 e. The van der Waals surface area contributed by atoms with E-state index in [0.717, 1.165) is 23.2 Å². The van der Waals surface area contributed by atoms with Crippen LogP contribution in [0.2, 0.25) is 0 Å². The van der Waals surface area contributed by atoms with Crippen LogP contribution in [0.25, 0.3) is 0 Å². The zero-order valence-corrected chi connectivity index (χ0v) is 8.13. The molecular formula is C11H15NO. The molecule has 0 bridgehead atoms. The standard InChI is InChI=1S/C11H15NO/c1-3-8-9(11(13)4-2)6-5-7-10(8)12/h5-7H,3-4,12H2,1-2H3. The molecule has 0 unspecified atom stereocenters. The molecule has 0 saturated carbocycles. The number of Topliss-reactive ketones (excluding diaryl/α,β-unsaturated/α-hetero) is 1. The first-order valence-electron chi connectivity index (χ1n) is 4.61. The summed E-state index contributed by atoms with van der Waals surface area (Å²) in [4.78, 5) is 11.5. The Hall–Kier alpha value is -1.31. The molecule has 70 valence electrons. The molecule has 1 aromatic carbocycles. The summed E-state index contributed by atoms with van der Waals surface area (Å²) in [6, 6.07) is 5.52. The van der Waals surface area contributed by atoms with Crippen LogP contribution in [-0.2, 0) is 6.42 Å². The highest BCUT2D eigenvalue weighted by Gasteiger charge is 2.09. The minimum atomic E-state index is 0.171. The topological polar surface area (TPSA) is 43.1 Å². The molecule has 0 heterocycles. The number of nitrogen functional groups attached to an aromatic ring is 1. The molecule has 1 aromatic rings. The van der Waals surface area contributed by atoms with Crippen molar-refractivity contribution >= 4 is 11.5 Å². The van der Waals surface area contributed by atoms with Gasteiger partial charge in [0.1, 0.15) is 0 Å². The van der Waals surface area contributed by atoms with Crippen LogP contribution in [0.1, 0.15) is 36.2 Å². The summed E-state index contributed by atoms with van der Waals surface area (Å²) in [5.41, 5.74) is 8.26.